The third-order valence-electron chi connectivity index (χ3n) is 3.52. The van der Waals surface area contributed by atoms with E-state index in [1.165, 1.54) is 6.07 Å². The molecule has 0 radical (unpaired) electrons. The zero-order valence-electron chi connectivity index (χ0n) is 11.7. The van der Waals surface area contributed by atoms with E-state index in [4.69, 9.17) is 0 Å². The van der Waals surface area contributed by atoms with Crippen LogP contribution in [0.4, 0.5) is 14.5 Å². The summed E-state index contributed by atoms with van der Waals surface area (Å²) in [6.45, 7) is 0. The van der Waals surface area contributed by atoms with E-state index in [2.05, 4.69) is 10.3 Å². The van der Waals surface area contributed by atoms with E-state index < -0.39 is 23.2 Å². The molecule has 0 fully saturated rings. The summed E-state index contributed by atoms with van der Waals surface area (Å²) in [5, 5.41) is 3.34. The van der Waals surface area contributed by atoms with E-state index in [0.717, 1.165) is 28.6 Å². The molecule has 3 rings (SSSR count). The lowest BCUT2D eigenvalue weighted by molar-refractivity contribution is -0.116. The largest absolute Gasteiger partial charge is 0.361 e. The zero-order chi connectivity index (χ0) is 15.5. The van der Waals surface area contributed by atoms with Gasteiger partial charge < -0.3 is 10.3 Å². The van der Waals surface area contributed by atoms with Crippen LogP contribution >= 0.6 is 0 Å². The number of aryl methyl sites for hydroxylation is 1. The number of amides is 1. The van der Waals surface area contributed by atoms with Gasteiger partial charge in [-0.3, -0.25) is 4.79 Å². The fraction of sp³-hybridized carbons (Fsp3) is 0.118. The highest BCUT2D eigenvalue weighted by Gasteiger charge is 2.12. The van der Waals surface area contributed by atoms with E-state index in [1.807, 2.05) is 30.5 Å². The smallest absolute Gasteiger partial charge is 0.224 e. The number of hydrogen-bond donors (Lipinski definition) is 2. The van der Waals surface area contributed by atoms with Gasteiger partial charge in [-0.25, -0.2) is 8.78 Å². The minimum atomic E-state index is -0.777. The minimum absolute atomic E-state index is 0.148. The topological polar surface area (TPSA) is 44.9 Å². The second-order valence-electron chi connectivity index (χ2n) is 5.00. The monoisotopic (exact) mass is 300 g/mol. The molecule has 0 aliphatic carbocycles. The first kappa shape index (κ1) is 14.3. The van der Waals surface area contributed by atoms with Crippen molar-refractivity contribution >= 4 is 22.5 Å². The van der Waals surface area contributed by atoms with Crippen LogP contribution in [-0.4, -0.2) is 10.9 Å². The van der Waals surface area contributed by atoms with Gasteiger partial charge in [-0.1, -0.05) is 24.3 Å². The Labute approximate surface area is 126 Å². The van der Waals surface area contributed by atoms with Crippen LogP contribution in [0.25, 0.3) is 10.9 Å². The predicted molar refractivity (Wildman–Crippen MR) is 81.6 cm³/mol. The molecule has 2 N–H and O–H groups in total. The third-order valence-corrected chi connectivity index (χ3v) is 3.52. The summed E-state index contributed by atoms with van der Waals surface area (Å²) in [5.41, 5.74) is 1.60. The number of aromatic nitrogens is 1. The highest BCUT2D eigenvalue weighted by atomic mass is 19.1. The summed E-state index contributed by atoms with van der Waals surface area (Å²) in [6.07, 6.45) is 2.49. The Kier molecular flexibility index (Phi) is 3.87. The summed E-state index contributed by atoms with van der Waals surface area (Å²) < 4.78 is 26.9. The number of para-hydroxylation sites is 2. The maximum Gasteiger partial charge on any atom is 0.224 e. The highest BCUT2D eigenvalue weighted by molar-refractivity contribution is 5.91. The fourth-order valence-corrected chi connectivity index (χ4v) is 2.41. The molecule has 0 bridgehead atoms. The maximum atomic E-state index is 13.5. The molecule has 3 nitrogen and oxygen atoms in total. The lowest BCUT2D eigenvalue weighted by atomic mass is 10.1. The van der Waals surface area contributed by atoms with Crippen LogP contribution in [0.1, 0.15) is 12.0 Å². The normalized spacial score (nSPS) is 10.8. The lowest BCUT2D eigenvalue weighted by Gasteiger charge is -2.07. The van der Waals surface area contributed by atoms with Crippen molar-refractivity contribution < 1.29 is 13.6 Å². The average molecular weight is 300 g/mol. The number of aromatic amines is 1. The van der Waals surface area contributed by atoms with Crippen LogP contribution in [-0.2, 0) is 11.2 Å². The second-order valence-corrected chi connectivity index (χ2v) is 5.00. The average Bonchev–Trinajstić information content (AvgIpc) is 2.92. The molecule has 112 valence electrons. The van der Waals surface area contributed by atoms with E-state index in [9.17, 15) is 13.6 Å². The molecule has 0 saturated carbocycles. The van der Waals surface area contributed by atoms with Gasteiger partial charge in [-0.15, -0.1) is 0 Å². The predicted octanol–water partition coefficient (Wildman–Crippen LogP) is 4.02. The first-order chi connectivity index (χ1) is 10.6. The molecule has 1 aromatic heterocycles. The molecule has 0 unspecified atom stereocenters. The molecule has 0 aliphatic rings. The molecule has 5 heteroatoms. The quantitative estimate of drug-likeness (QED) is 0.751. The number of carbonyl (C=O) groups excluding carboxylic acids is 1. The van der Waals surface area contributed by atoms with Crippen molar-refractivity contribution in [2.45, 2.75) is 12.8 Å². The highest BCUT2D eigenvalue weighted by Crippen LogP contribution is 2.21. The summed E-state index contributed by atoms with van der Waals surface area (Å²) in [4.78, 5) is 15.0. The second kappa shape index (κ2) is 5.97. The van der Waals surface area contributed by atoms with Crippen molar-refractivity contribution in [1.29, 1.82) is 0 Å². The van der Waals surface area contributed by atoms with Gasteiger partial charge in [0.25, 0.3) is 0 Å². The summed E-state index contributed by atoms with van der Waals surface area (Å²) >= 11 is 0. The summed E-state index contributed by atoms with van der Waals surface area (Å²) in [6, 6.07) is 11.2. The molecule has 2 aromatic carbocycles. The number of fused-ring (bicyclic) bond motifs is 1. The van der Waals surface area contributed by atoms with E-state index in [1.54, 1.807) is 0 Å². The Morgan fingerprint density at radius 3 is 2.55 bits per heavy atom. The number of carbonyl (C=O) groups is 1. The Hall–Kier alpha value is -2.69. The lowest BCUT2D eigenvalue weighted by Crippen LogP contribution is -2.14. The first-order valence-corrected chi connectivity index (χ1v) is 6.94. The van der Waals surface area contributed by atoms with Gasteiger partial charge >= 0.3 is 0 Å². The number of anilines is 1. The first-order valence-electron chi connectivity index (χ1n) is 6.94. The fourth-order valence-electron chi connectivity index (χ4n) is 2.41. The van der Waals surface area contributed by atoms with Gasteiger partial charge in [-0.2, -0.15) is 0 Å². The van der Waals surface area contributed by atoms with Crippen molar-refractivity contribution in [2.75, 3.05) is 5.32 Å². The Morgan fingerprint density at radius 1 is 1.05 bits per heavy atom. The molecule has 3 aromatic rings. The Bertz CT molecular complexity index is 806. The standard InChI is InChI=1S/C17H14F2N2O/c18-13-5-3-6-14(19)17(13)21-16(22)9-8-11-10-20-15-7-2-1-4-12(11)15/h1-7,10,20H,8-9H2,(H,21,22). The van der Waals surface area contributed by atoms with Crippen LogP contribution < -0.4 is 5.32 Å². The molecule has 0 saturated heterocycles. The van der Waals surface area contributed by atoms with Crippen molar-refractivity contribution in [3.8, 4) is 0 Å². The van der Waals surface area contributed by atoms with E-state index in [0.29, 0.717) is 6.42 Å². The van der Waals surface area contributed by atoms with Crippen molar-refractivity contribution in [2.24, 2.45) is 0 Å². The van der Waals surface area contributed by atoms with Crippen LogP contribution in [0.15, 0.2) is 48.7 Å². The summed E-state index contributed by atoms with van der Waals surface area (Å²) in [5.74, 6) is -1.98. The Balaban J connectivity index is 1.68. The van der Waals surface area contributed by atoms with Crippen molar-refractivity contribution in [3.05, 3.63) is 65.9 Å². The van der Waals surface area contributed by atoms with Crippen LogP contribution in [0.3, 0.4) is 0 Å². The molecule has 22 heavy (non-hydrogen) atoms. The van der Waals surface area contributed by atoms with Gasteiger partial charge in [0.1, 0.15) is 17.3 Å². The van der Waals surface area contributed by atoms with Crippen LogP contribution in [0, 0.1) is 11.6 Å². The zero-order valence-corrected chi connectivity index (χ0v) is 11.7. The van der Waals surface area contributed by atoms with Crippen molar-refractivity contribution in [1.82, 2.24) is 4.98 Å². The van der Waals surface area contributed by atoms with Gasteiger partial charge in [0, 0.05) is 23.5 Å². The molecular weight excluding hydrogens is 286 g/mol. The van der Waals surface area contributed by atoms with Gasteiger partial charge in [-0.05, 0) is 30.2 Å². The molecule has 0 aliphatic heterocycles. The minimum Gasteiger partial charge on any atom is -0.361 e. The van der Waals surface area contributed by atoms with Gasteiger partial charge in [0.15, 0.2) is 0 Å². The number of rotatable bonds is 4. The van der Waals surface area contributed by atoms with Crippen LogP contribution in [0.2, 0.25) is 0 Å². The number of halogens is 2. The van der Waals surface area contributed by atoms with Crippen LogP contribution in [0.5, 0.6) is 0 Å². The molecule has 1 heterocycles. The Morgan fingerprint density at radius 2 is 1.77 bits per heavy atom. The number of benzene rings is 2. The van der Waals surface area contributed by atoms with Crippen molar-refractivity contribution in [3.63, 3.8) is 0 Å². The molecular formula is C17H14F2N2O. The molecule has 0 spiro atoms. The molecule has 1 amide bonds. The maximum absolute atomic E-state index is 13.5. The third kappa shape index (κ3) is 2.83. The summed E-state index contributed by atoms with van der Waals surface area (Å²) in [7, 11) is 0. The van der Waals surface area contributed by atoms with E-state index >= 15 is 0 Å². The molecule has 0 atom stereocenters. The van der Waals surface area contributed by atoms with Gasteiger partial charge in [0.2, 0.25) is 5.91 Å². The SMILES string of the molecule is O=C(CCc1c[nH]c2ccccc12)Nc1c(F)cccc1F. The number of H-pyrrole nitrogens is 1. The van der Waals surface area contributed by atoms with Gasteiger partial charge in [0.05, 0.1) is 0 Å². The van der Waals surface area contributed by atoms with E-state index in [-0.39, 0.29) is 6.42 Å². The number of hydrogen-bond acceptors (Lipinski definition) is 1. The number of nitrogens with one attached hydrogen (secondary N) is 2.